The highest BCUT2D eigenvalue weighted by atomic mass is 16.9. The van der Waals surface area contributed by atoms with Crippen LogP contribution >= 0.6 is 0 Å². The van der Waals surface area contributed by atoms with E-state index >= 15 is 0 Å². The van der Waals surface area contributed by atoms with E-state index in [2.05, 4.69) is 0 Å². The van der Waals surface area contributed by atoms with Gasteiger partial charge in [-0.1, -0.05) is 0 Å². The lowest BCUT2D eigenvalue weighted by molar-refractivity contribution is -0.320. The van der Waals surface area contributed by atoms with Crippen LogP contribution in [0.25, 0.3) is 0 Å². The number of hydrogen-bond donors (Lipinski definition) is 2. The molecule has 9 heteroatoms. The number of ether oxygens (including phenoxy) is 3. The molecule has 1 saturated heterocycles. The van der Waals surface area contributed by atoms with Crippen molar-refractivity contribution in [2.24, 2.45) is 0 Å². The Balaban J connectivity index is 1.92. The van der Waals surface area contributed by atoms with E-state index in [0.29, 0.717) is 10.8 Å². The number of amides is 1. The molecule has 0 radical (unpaired) electrons. The summed E-state index contributed by atoms with van der Waals surface area (Å²) in [5, 5.41) is 18.2. The number of fused-ring (bicyclic) bond motifs is 2. The van der Waals surface area contributed by atoms with Crippen molar-refractivity contribution in [3.63, 3.8) is 0 Å². The van der Waals surface area contributed by atoms with Crippen LogP contribution in [-0.2, 0) is 23.8 Å². The van der Waals surface area contributed by atoms with Crippen molar-refractivity contribution >= 4 is 12.1 Å². The smallest absolute Gasteiger partial charge is 0.432 e. The zero-order chi connectivity index (χ0) is 13.6. The van der Waals surface area contributed by atoms with E-state index < -0.39 is 30.0 Å². The first-order valence-electron chi connectivity index (χ1n) is 5.29. The molecule has 0 aromatic rings. The summed E-state index contributed by atoms with van der Waals surface area (Å²) in [6, 6.07) is -1.45. The summed E-state index contributed by atoms with van der Waals surface area (Å²) in [6.07, 6.45) is 1.42. The summed E-state index contributed by atoms with van der Waals surface area (Å²) in [6.45, 7) is -0.00571. The number of hydrogen-bond acceptors (Lipinski definition) is 6. The molecule has 102 valence electrons. The quantitative estimate of drug-likeness (QED) is 0.633. The van der Waals surface area contributed by atoms with E-state index in [-0.39, 0.29) is 6.79 Å². The molecule has 9 nitrogen and oxygen atoms in total. The molecule has 1 fully saturated rings. The lowest BCUT2D eigenvalue weighted by atomic mass is 10.1. The summed E-state index contributed by atoms with van der Waals surface area (Å²) in [4.78, 5) is 27.2. The molecule has 0 aliphatic carbocycles. The second-order valence-electron chi connectivity index (χ2n) is 4.01. The highest BCUT2D eigenvalue weighted by Crippen LogP contribution is 2.41. The third-order valence-electron chi connectivity index (χ3n) is 2.89. The van der Waals surface area contributed by atoms with Gasteiger partial charge in [0, 0.05) is 0 Å². The van der Waals surface area contributed by atoms with Gasteiger partial charge in [0.05, 0.1) is 0 Å². The van der Waals surface area contributed by atoms with Gasteiger partial charge >= 0.3 is 12.1 Å². The van der Waals surface area contributed by atoms with Crippen LogP contribution in [0.5, 0.6) is 0 Å². The Morgan fingerprint density at radius 2 is 2.21 bits per heavy atom. The number of hydroxylamine groups is 2. The minimum absolute atomic E-state index is 0.00571. The lowest BCUT2D eigenvalue weighted by Crippen LogP contribution is -2.56. The molecule has 3 atom stereocenters. The summed E-state index contributed by atoms with van der Waals surface area (Å²) in [7, 11) is 0. The van der Waals surface area contributed by atoms with Gasteiger partial charge in [0.1, 0.15) is 6.26 Å². The fourth-order valence-corrected chi connectivity index (χ4v) is 2.03. The van der Waals surface area contributed by atoms with Gasteiger partial charge in [0.25, 0.3) is 5.79 Å². The Morgan fingerprint density at radius 1 is 1.42 bits per heavy atom. The predicted molar refractivity (Wildman–Crippen MR) is 54.2 cm³/mol. The Hall–Kier alpha value is -2.26. The van der Waals surface area contributed by atoms with Gasteiger partial charge in [-0.25, -0.2) is 14.4 Å². The van der Waals surface area contributed by atoms with Gasteiger partial charge in [-0.2, -0.15) is 5.06 Å². The van der Waals surface area contributed by atoms with Gasteiger partial charge in [-0.05, 0) is 12.2 Å². The van der Waals surface area contributed by atoms with E-state index in [0.717, 1.165) is 0 Å². The van der Waals surface area contributed by atoms with E-state index in [9.17, 15) is 9.59 Å². The van der Waals surface area contributed by atoms with Gasteiger partial charge in [0.2, 0.25) is 0 Å². The standard InChI is InChI=1S/C10H9NO8/c12-8(13)5-1-2-10(19-11(5)9(14)15)7-6(3-18-10)16-4-17-7/h1-3,5,7H,4H2,(H,12,13)(H,14,15). The Labute approximate surface area is 106 Å². The van der Waals surface area contributed by atoms with Gasteiger partial charge < -0.3 is 24.4 Å². The molecule has 0 bridgehead atoms. The van der Waals surface area contributed by atoms with Gasteiger partial charge in [-0.15, -0.1) is 0 Å². The number of rotatable bonds is 1. The number of carboxylic acid groups (broad SMARTS) is 2. The molecule has 0 aromatic carbocycles. The first kappa shape index (κ1) is 11.8. The third kappa shape index (κ3) is 1.63. The molecule has 3 heterocycles. The SMILES string of the molecule is O=C(O)C1C=CC2(OC=C3OCOC32)ON1C(=O)O. The number of nitrogens with zero attached hydrogens (tertiary/aromatic N) is 1. The molecule has 19 heavy (non-hydrogen) atoms. The maximum absolute atomic E-state index is 11.1. The van der Waals surface area contributed by atoms with Gasteiger partial charge in [0.15, 0.2) is 24.7 Å². The van der Waals surface area contributed by atoms with Crippen LogP contribution < -0.4 is 0 Å². The predicted octanol–water partition coefficient (Wildman–Crippen LogP) is -0.138. The minimum atomic E-state index is -1.55. The topological polar surface area (TPSA) is 115 Å². The van der Waals surface area contributed by atoms with Gasteiger partial charge in [-0.3, -0.25) is 0 Å². The molecule has 0 aromatic heterocycles. The van der Waals surface area contributed by atoms with E-state index in [1.807, 2.05) is 0 Å². The second-order valence-corrected chi connectivity index (χ2v) is 4.01. The zero-order valence-corrected chi connectivity index (χ0v) is 9.38. The van der Waals surface area contributed by atoms with Crippen molar-refractivity contribution in [2.75, 3.05) is 6.79 Å². The average molecular weight is 271 g/mol. The highest BCUT2D eigenvalue weighted by molar-refractivity contribution is 5.81. The number of aliphatic carboxylic acids is 1. The monoisotopic (exact) mass is 271 g/mol. The van der Waals surface area contributed by atoms with Crippen molar-refractivity contribution in [2.45, 2.75) is 17.9 Å². The molecular formula is C10H9NO8. The molecule has 2 N–H and O–H groups in total. The maximum Gasteiger partial charge on any atom is 0.432 e. The van der Waals surface area contributed by atoms with Crippen LogP contribution in [-0.4, -0.2) is 52.1 Å². The van der Waals surface area contributed by atoms with Crippen LogP contribution in [0.4, 0.5) is 4.79 Å². The Kier molecular flexibility index (Phi) is 2.40. The molecule has 1 spiro atoms. The molecule has 0 saturated carbocycles. The summed E-state index contributed by atoms with van der Waals surface area (Å²) < 4.78 is 15.6. The van der Waals surface area contributed by atoms with Crippen LogP contribution in [0.2, 0.25) is 0 Å². The number of carbonyl (C=O) groups is 2. The molecular weight excluding hydrogens is 262 g/mol. The summed E-state index contributed by atoms with van der Waals surface area (Å²) in [5.74, 6) is -2.54. The van der Waals surface area contributed by atoms with E-state index in [1.165, 1.54) is 18.4 Å². The normalized spacial score (nSPS) is 35.6. The lowest BCUT2D eigenvalue weighted by Gasteiger charge is -2.37. The summed E-state index contributed by atoms with van der Waals surface area (Å²) >= 11 is 0. The summed E-state index contributed by atoms with van der Waals surface area (Å²) in [5.41, 5.74) is 0. The molecule has 3 unspecified atom stereocenters. The molecule has 3 aliphatic heterocycles. The first-order valence-corrected chi connectivity index (χ1v) is 5.29. The van der Waals surface area contributed by atoms with Crippen LogP contribution in [0, 0.1) is 0 Å². The van der Waals surface area contributed by atoms with Crippen LogP contribution in [0.3, 0.4) is 0 Å². The van der Waals surface area contributed by atoms with Crippen LogP contribution in [0.15, 0.2) is 24.2 Å². The second kappa shape index (κ2) is 3.87. The fraction of sp³-hybridized carbons (Fsp3) is 0.400. The Bertz CT molecular complexity index is 500. The van der Waals surface area contributed by atoms with Crippen molar-refractivity contribution in [3.8, 4) is 0 Å². The number of carboxylic acids is 1. The average Bonchev–Trinajstić information content (AvgIpc) is 2.94. The van der Waals surface area contributed by atoms with Crippen molar-refractivity contribution in [3.05, 3.63) is 24.2 Å². The minimum Gasteiger partial charge on any atom is -0.479 e. The van der Waals surface area contributed by atoms with Crippen molar-refractivity contribution < 1.29 is 38.9 Å². The van der Waals surface area contributed by atoms with Crippen LogP contribution in [0.1, 0.15) is 0 Å². The Morgan fingerprint density at radius 3 is 2.89 bits per heavy atom. The molecule has 3 aliphatic rings. The maximum atomic E-state index is 11.1. The zero-order valence-electron chi connectivity index (χ0n) is 9.38. The fourth-order valence-electron chi connectivity index (χ4n) is 2.03. The first-order chi connectivity index (χ1) is 9.03. The van der Waals surface area contributed by atoms with E-state index in [1.54, 1.807) is 0 Å². The highest BCUT2D eigenvalue weighted by Gasteiger charge is 2.56. The third-order valence-corrected chi connectivity index (χ3v) is 2.89. The molecule has 1 amide bonds. The van der Waals surface area contributed by atoms with Crippen molar-refractivity contribution in [1.82, 2.24) is 5.06 Å². The molecule has 3 rings (SSSR count). The van der Waals surface area contributed by atoms with E-state index in [4.69, 9.17) is 29.3 Å². The van der Waals surface area contributed by atoms with Crippen molar-refractivity contribution in [1.29, 1.82) is 0 Å². The largest absolute Gasteiger partial charge is 0.479 e.